The van der Waals surface area contributed by atoms with Crippen LogP contribution < -0.4 is 0 Å². The van der Waals surface area contributed by atoms with Gasteiger partial charge in [0.2, 0.25) is 0 Å². The Kier molecular flexibility index (Phi) is 4.29. The predicted molar refractivity (Wildman–Crippen MR) is 48.8 cm³/mol. The zero-order valence-corrected chi connectivity index (χ0v) is 8.38. The third kappa shape index (κ3) is 2.33. The quantitative estimate of drug-likeness (QED) is 0.610. The Morgan fingerprint density at radius 3 is 2.08 bits per heavy atom. The Bertz CT molecular complexity index is 122. The topological polar surface area (TPSA) is 21.7 Å². The fraction of sp³-hybridized carbons (Fsp3) is 1.00. The summed E-state index contributed by atoms with van der Waals surface area (Å²) in [6.07, 6.45) is 0.413. The second-order valence-corrected chi connectivity index (χ2v) is 3.37. The average molecular weight is 194 g/mol. The van der Waals surface area contributed by atoms with Gasteiger partial charge in [0, 0.05) is 39.7 Å². The number of rotatable bonds is 4. The van der Waals surface area contributed by atoms with Crippen molar-refractivity contribution in [2.24, 2.45) is 0 Å². The molecule has 0 aliphatic carbocycles. The number of likely N-dealkylation sites (tertiary alicyclic amines) is 1. The molecule has 0 amide bonds. The van der Waals surface area contributed by atoms with Crippen LogP contribution in [0.25, 0.3) is 0 Å². The SMILES string of the molecule is CO[C@H]1CN(CCCl)C[C@@H]1OC. The van der Waals surface area contributed by atoms with E-state index in [-0.39, 0.29) is 12.2 Å². The first-order valence-electron chi connectivity index (χ1n) is 4.15. The van der Waals surface area contributed by atoms with Gasteiger partial charge in [-0.25, -0.2) is 0 Å². The number of methoxy groups -OCH3 is 2. The third-order valence-electron chi connectivity index (χ3n) is 2.30. The molecule has 0 aromatic rings. The minimum absolute atomic E-state index is 0.207. The van der Waals surface area contributed by atoms with E-state index in [9.17, 15) is 0 Å². The van der Waals surface area contributed by atoms with Gasteiger partial charge in [0.05, 0.1) is 12.2 Å². The van der Waals surface area contributed by atoms with E-state index in [2.05, 4.69) is 4.90 Å². The van der Waals surface area contributed by atoms with E-state index in [1.165, 1.54) is 0 Å². The summed E-state index contributed by atoms with van der Waals surface area (Å²) in [6.45, 7) is 2.78. The lowest BCUT2D eigenvalue weighted by Crippen LogP contribution is -2.27. The normalized spacial score (nSPS) is 31.2. The molecule has 1 heterocycles. The number of alkyl halides is 1. The van der Waals surface area contributed by atoms with Crippen molar-refractivity contribution in [2.75, 3.05) is 39.7 Å². The maximum atomic E-state index is 5.64. The van der Waals surface area contributed by atoms with Crippen LogP contribution in [0.5, 0.6) is 0 Å². The monoisotopic (exact) mass is 193 g/mol. The van der Waals surface area contributed by atoms with Crippen LogP contribution in [0.4, 0.5) is 0 Å². The van der Waals surface area contributed by atoms with Crippen LogP contribution in [-0.2, 0) is 9.47 Å². The zero-order chi connectivity index (χ0) is 8.97. The van der Waals surface area contributed by atoms with Crippen molar-refractivity contribution in [3.8, 4) is 0 Å². The van der Waals surface area contributed by atoms with Gasteiger partial charge in [0.25, 0.3) is 0 Å². The Labute approximate surface area is 78.6 Å². The Balaban J connectivity index is 2.36. The van der Waals surface area contributed by atoms with Crippen LogP contribution in [0.15, 0.2) is 0 Å². The molecule has 1 aliphatic heterocycles. The van der Waals surface area contributed by atoms with Crippen LogP contribution in [0.1, 0.15) is 0 Å². The smallest absolute Gasteiger partial charge is 0.0971 e. The molecular formula is C8H16ClNO2. The van der Waals surface area contributed by atoms with E-state index in [1.807, 2.05) is 0 Å². The summed E-state index contributed by atoms with van der Waals surface area (Å²) < 4.78 is 10.6. The molecule has 12 heavy (non-hydrogen) atoms. The molecule has 0 spiro atoms. The van der Waals surface area contributed by atoms with Crippen LogP contribution in [-0.4, -0.2) is 56.8 Å². The van der Waals surface area contributed by atoms with E-state index in [0.29, 0.717) is 5.88 Å². The first-order valence-corrected chi connectivity index (χ1v) is 4.69. The van der Waals surface area contributed by atoms with Crippen molar-refractivity contribution in [1.82, 2.24) is 4.90 Å². The molecule has 1 fully saturated rings. The fourth-order valence-corrected chi connectivity index (χ4v) is 1.81. The van der Waals surface area contributed by atoms with Crippen LogP contribution >= 0.6 is 11.6 Å². The lowest BCUT2D eigenvalue weighted by Gasteiger charge is -2.13. The first-order chi connectivity index (χ1) is 5.81. The minimum atomic E-state index is 0.207. The lowest BCUT2D eigenvalue weighted by molar-refractivity contribution is -0.00461. The number of hydrogen-bond acceptors (Lipinski definition) is 3. The van der Waals surface area contributed by atoms with Crippen molar-refractivity contribution in [3.05, 3.63) is 0 Å². The highest BCUT2D eigenvalue weighted by molar-refractivity contribution is 6.18. The summed E-state index contributed by atoms with van der Waals surface area (Å²) in [7, 11) is 3.45. The van der Waals surface area contributed by atoms with Crippen molar-refractivity contribution in [1.29, 1.82) is 0 Å². The molecule has 2 atom stereocenters. The molecular weight excluding hydrogens is 178 g/mol. The first kappa shape index (κ1) is 10.3. The van der Waals surface area contributed by atoms with Crippen molar-refractivity contribution < 1.29 is 9.47 Å². The van der Waals surface area contributed by atoms with Gasteiger partial charge in [0.1, 0.15) is 0 Å². The number of nitrogens with zero attached hydrogens (tertiary/aromatic N) is 1. The maximum Gasteiger partial charge on any atom is 0.0971 e. The molecule has 1 rings (SSSR count). The molecule has 0 bridgehead atoms. The van der Waals surface area contributed by atoms with E-state index < -0.39 is 0 Å². The summed E-state index contributed by atoms with van der Waals surface area (Å²) in [5.41, 5.74) is 0. The summed E-state index contributed by atoms with van der Waals surface area (Å²) in [5, 5.41) is 0. The average Bonchev–Trinajstić information content (AvgIpc) is 2.48. The van der Waals surface area contributed by atoms with Gasteiger partial charge in [-0.1, -0.05) is 0 Å². The number of hydrogen-bond donors (Lipinski definition) is 0. The highest BCUT2D eigenvalue weighted by atomic mass is 35.5. The summed E-state index contributed by atoms with van der Waals surface area (Å²) in [4.78, 5) is 2.26. The molecule has 0 saturated carbocycles. The highest BCUT2D eigenvalue weighted by Crippen LogP contribution is 2.14. The second kappa shape index (κ2) is 5.02. The Hall–Kier alpha value is 0.170. The maximum absolute atomic E-state index is 5.64. The third-order valence-corrected chi connectivity index (χ3v) is 2.47. The standard InChI is InChI=1S/C8H16ClNO2/c1-11-7-5-10(4-3-9)6-8(7)12-2/h7-8H,3-6H2,1-2H3/t7-,8-/m0/s1. The van der Waals surface area contributed by atoms with E-state index >= 15 is 0 Å². The molecule has 0 radical (unpaired) electrons. The molecule has 0 N–H and O–H groups in total. The summed E-state index contributed by atoms with van der Waals surface area (Å²) in [5.74, 6) is 0.673. The van der Waals surface area contributed by atoms with Gasteiger partial charge in [-0.3, -0.25) is 4.90 Å². The molecule has 1 aliphatic rings. The summed E-state index contributed by atoms with van der Waals surface area (Å²) in [6, 6.07) is 0. The van der Waals surface area contributed by atoms with Crippen LogP contribution in [0, 0.1) is 0 Å². The van der Waals surface area contributed by atoms with E-state index in [4.69, 9.17) is 21.1 Å². The van der Waals surface area contributed by atoms with Gasteiger partial charge in [-0.2, -0.15) is 0 Å². The Morgan fingerprint density at radius 2 is 1.75 bits per heavy atom. The van der Waals surface area contributed by atoms with Crippen LogP contribution in [0.3, 0.4) is 0 Å². The van der Waals surface area contributed by atoms with Gasteiger partial charge in [-0.05, 0) is 0 Å². The molecule has 0 aromatic heterocycles. The fourth-order valence-electron chi connectivity index (χ4n) is 1.57. The second-order valence-electron chi connectivity index (χ2n) is 3.00. The molecule has 3 nitrogen and oxygen atoms in total. The molecule has 4 heteroatoms. The van der Waals surface area contributed by atoms with Gasteiger partial charge in [0.15, 0.2) is 0 Å². The highest BCUT2D eigenvalue weighted by Gasteiger charge is 2.32. The van der Waals surface area contributed by atoms with Crippen molar-refractivity contribution >= 4 is 11.6 Å². The van der Waals surface area contributed by atoms with Gasteiger partial charge >= 0.3 is 0 Å². The molecule has 72 valence electrons. The number of halogens is 1. The van der Waals surface area contributed by atoms with Crippen LogP contribution in [0.2, 0.25) is 0 Å². The number of ether oxygens (including phenoxy) is 2. The van der Waals surface area contributed by atoms with Crippen molar-refractivity contribution in [2.45, 2.75) is 12.2 Å². The zero-order valence-electron chi connectivity index (χ0n) is 7.62. The molecule has 0 aromatic carbocycles. The van der Waals surface area contributed by atoms with Gasteiger partial charge < -0.3 is 9.47 Å². The van der Waals surface area contributed by atoms with Gasteiger partial charge in [-0.15, -0.1) is 11.6 Å². The van der Waals surface area contributed by atoms with E-state index in [1.54, 1.807) is 14.2 Å². The largest absolute Gasteiger partial charge is 0.377 e. The van der Waals surface area contributed by atoms with E-state index in [0.717, 1.165) is 19.6 Å². The molecule has 0 unspecified atom stereocenters. The summed E-state index contributed by atoms with van der Waals surface area (Å²) >= 11 is 5.64. The lowest BCUT2D eigenvalue weighted by atomic mass is 10.3. The molecule has 1 saturated heterocycles. The van der Waals surface area contributed by atoms with Crippen molar-refractivity contribution in [3.63, 3.8) is 0 Å². The predicted octanol–water partition coefficient (Wildman–Crippen LogP) is 0.571. The Morgan fingerprint density at radius 1 is 1.25 bits per heavy atom. The minimum Gasteiger partial charge on any atom is -0.377 e.